The molecule has 1 heterocycles. The fourth-order valence-corrected chi connectivity index (χ4v) is 1.71. The second-order valence-corrected chi connectivity index (χ2v) is 3.95. The van der Waals surface area contributed by atoms with E-state index < -0.39 is 0 Å². The number of unbranched alkanes of at least 4 members (excludes halogenated alkanes) is 1. The van der Waals surface area contributed by atoms with E-state index >= 15 is 0 Å². The van der Waals surface area contributed by atoms with Gasteiger partial charge in [-0.1, -0.05) is 0 Å². The maximum atomic E-state index is 8.65. The number of aromatic nitrogens is 2. The van der Waals surface area contributed by atoms with Crippen molar-refractivity contribution < 1.29 is 5.11 Å². The van der Waals surface area contributed by atoms with E-state index in [1.54, 1.807) is 0 Å². The van der Waals surface area contributed by atoms with Crippen LogP contribution >= 0.6 is 0 Å². The number of aryl methyl sites for hydroxylation is 2. The lowest BCUT2D eigenvalue weighted by Crippen LogP contribution is -2.20. The zero-order valence-electron chi connectivity index (χ0n) is 9.82. The van der Waals surface area contributed by atoms with Gasteiger partial charge >= 0.3 is 0 Å². The molecule has 4 heteroatoms. The van der Waals surface area contributed by atoms with Crippen molar-refractivity contribution in [3.05, 3.63) is 17.5 Å². The summed E-state index contributed by atoms with van der Waals surface area (Å²) in [5.41, 5.74) is 2.33. The Bertz CT molecular complexity index is 296. The molecule has 0 aliphatic heterocycles. The van der Waals surface area contributed by atoms with Crippen LogP contribution < -0.4 is 5.32 Å². The Morgan fingerprint density at radius 2 is 2.27 bits per heavy atom. The largest absolute Gasteiger partial charge is 0.396 e. The molecule has 2 N–H and O–H groups in total. The lowest BCUT2D eigenvalue weighted by Gasteiger charge is -2.12. The van der Waals surface area contributed by atoms with E-state index in [0.717, 1.165) is 25.1 Å². The van der Waals surface area contributed by atoms with E-state index in [-0.39, 0.29) is 6.61 Å². The van der Waals surface area contributed by atoms with Gasteiger partial charge in [-0.3, -0.25) is 4.68 Å². The molecule has 1 aromatic heterocycles. The SMILES string of the molecule is Cc1nn(C)cc1C(C)NCCCCO. The fourth-order valence-electron chi connectivity index (χ4n) is 1.71. The Kier molecular flexibility index (Phi) is 4.78. The summed E-state index contributed by atoms with van der Waals surface area (Å²) in [6, 6.07) is 0.331. The second kappa shape index (κ2) is 5.88. The number of hydrogen-bond acceptors (Lipinski definition) is 3. The molecule has 0 radical (unpaired) electrons. The van der Waals surface area contributed by atoms with Gasteiger partial charge in [0.1, 0.15) is 0 Å². The molecular weight excluding hydrogens is 190 g/mol. The van der Waals surface area contributed by atoms with Crippen molar-refractivity contribution in [2.24, 2.45) is 7.05 Å². The molecule has 4 nitrogen and oxygen atoms in total. The Labute approximate surface area is 91.3 Å². The molecule has 0 aliphatic rings. The molecule has 0 aromatic carbocycles. The monoisotopic (exact) mass is 211 g/mol. The Hall–Kier alpha value is -0.870. The summed E-state index contributed by atoms with van der Waals surface area (Å²) in [6.07, 6.45) is 3.94. The average molecular weight is 211 g/mol. The summed E-state index contributed by atoms with van der Waals surface area (Å²) < 4.78 is 1.84. The van der Waals surface area contributed by atoms with Gasteiger partial charge in [-0.05, 0) is 33.2 Å². The van der Waals surface area contributed by atoms with Crippen molar-refractivity contribution in [1.29, 1.82) is 0 Å². The van der Waals surface area contributed by atoms with E-state index in [9.17, 15) is 0 Å². The van der Waals surface area contributed by atoms with E-state index in [4.69, 9.17) is 5.11 Å². The van der Waals surface area contributed by atoms with Crippen LogP contribution in [0.25, 0.3) is 0 Å². The van der Waals surface area contributed by atoms with Gasteiger partial charge in [-0.15, -0.1) is 0 Å². The fraction of sp³-hybridized carbons (Fsp3) is 0.727. The molecule has 0 saturated heterocycles. The molecule has 1 rings (SSSR count). The molecule has 0 bridgehead atoms. The number of aliphatic hydroxyl groups excluding tert-OH is 1. The average Bonchev–Trinajstić information content (AvgIpc) is 2.52. The number of aliphatic hydroxyl groups is 1. The van der Waals surface area contributed by atoms with E-state index in [1.807, 2.05) is 18.7 Å². The normalized spacial score (nSPS) is 13.1. The minimum atomic E-state index is 0.280. The molecule has 0 aliphatic carbocycles. The highest BCUT2D eigenvalue weighted by Gasteiger charge is 2.10. The number of rotatable bonds is 6. The van der Waals surface area contributed by atoms with Gasteiger partial charge < -0.3 is 10.4 Å². The van der Waals surface area contributed by atoms with Gasteiger partial charge in [0, 0.05) is 31.5 Å². The zero-order chi connectivity index (χ0) is 11.3. The molecule has 86 valence electrons. The van der Waals surface area contributed by atoms with E-state index in [0.29, 0.717) is 6.04 Å². The number of nitrogens with zero attached hydrogens (tertiary/aromatic N) is 2. The van der Waals surface area contributed by atoms with Crippen LogP contribution in [0.4, 0.5) is 0 Å². The topological polar surface area (TPSA) is 50.1 Å². The second-order valence-electron chi connectivity index (χ2n) is 3.95. The van der Waals surface area contributed by atoms with Crippen molar-refractivity contribution in [3.63, 3.8) is 0 Å². The summed E-state index contributed by atoms with van der Waals surface area (Å²) in [6.45, 7) is 5.39. The summed E-state index contributed by atoms with van der Waals surface area (Å²) in [5.74, 6) is 0. The molecule has 0 fully saturated rings. The maximum Gasteiger partial charge on any atom is 0.0641 e. The molecular formula is C11H21N3O. The van der Waals surface area contributed by atoms with E-state index in [1.165, 1.54) is 5.56 Å². The summed E-state index contributed by atoms with van der Waals surface area (Å²) >= 11 is 0. The van der Waals surface area contributed by atoms with Crippen molar-refractivity contribution >= 4 is 0 Å². The third-order valence-electron chi connectivity index (χ3n) is 2.55. The third kappa shape index (κ3) is 3.64. The van der Waals surface area contributed by atoms with Crippen LogP contribution in [-0.4, -0.2) is 28.0 Å². The first-order valence-corrected chi connectivity index (χ1v) is 5.49. The van der Waals surface area contributed by atoms with Crippen LogP contribution in [0.5, 0.6) is 0 Å². The Balaban J connectivity index is 2.39. The molecule has 15 heavy (non-hydrogen) atoms. The molecule has 0 amide bonds. The predicted octanol–water partition coefficient (Wildman–Crippen LogP) is 1.15. The minimum Gasteiger partial charge on any atom is -0.396 e. The lowest BCUT2D eigenvalue weighted by atomic mass is 10.1. The highest BCUT2D eigenvalue weighted by Crippen LogP contribution is 2.15. The molecule has 1 aromatic rings. The van der Waals surface area contributed by atoms with Crippen molar-refractivity contribution in [2.75, 3.05) is 13.2 Å². The maximum absolute atomic E-state index is 8.65. The quantitative estimate of drug-likeness (QED) is 0.694. The molecule has 0 saturated carbocycles. The highest BCUT2D eigenvalue weighted by molar-refractivity contribution is 5.19. The van der Waals surface area contributed by atoms with Gasteiger partial charge in [-0.2, -0.15) is 5.10 Å². The summed E-state index contributed by atoms with van der Waals surface area (Å²) in [5, 5.41) is 16.4. The van der Waals surface area contributed by atoms with Crippen LogP contribution in [0.3, 0.4) is 0 Å². The molecule has 1 atom stereocenters. The summed E-state index contributed by atoms with van der Waals surface area (Å²) in [4.78, 5) is 0. The van der Waals surface area contributed by atoms with Crippen LogP contribution in [-0.2, 0) is 7.05 Å². The number of nitrogens with one attached hydrogen (secondary N) is 1. The van der Waals surface area contributed by atoms with Crippen molar-refractivity contribution in [2.45, 2.75) is 32.7 Å². The van der Waals surface area contributed by atoms with Gasteiger partial charge in [-0.25, -0.2) is 0 Å². The Morgan fingerprint density at radius 3 is 2.80 bits per heavy atom. The standard InChI is InChI=1S/C11H21N3O/c1-9(12-6-4-5-7-15)11-8-14(3)13-10(11)2/h8-9,12,15H,4-7H2,1-3H3. The highest BCUT2D eigenvalue weighted by atomic mass is 16.2. The first-order chi connectivity index (χ1) is 7.15. The van der Waals surface area contributed by atoms with Crippen LogP contribution in [0.2, 0.25) is 0 Å². The van der Waals surface area contributed by atoms with Gasteiger partial charge in [0.2, 0.25) is 0 Å². The number of hydrogen-bond donors (Lipinski definition) is 2. The third-order valence-corrected chi connectivity index (χ3v) is 2.55. The van der Waals surface area contributed by atoms with Crippen LogP contribution in [0, 0.1) is 6.92 Å². The summed E-state index contributed by atoms with van der Waals surface area (Å²) in [7, 11) is 1.94. The van der Waals surface area contributed by atoms with Gasteiger partial charge in [0.05, 0.1) is 5.69 Å². The predicted molar refractivity (Wildman–Crippen MR) is 60.7 cm³/mol. The molecule has 1 unspecified atom stereocenters. The first kappa shape index (κ1) is 12.2. The Morgan fingerprint density at radius 1 is 1.53 bits per heavy atom. The van der Waals surface area contributed by atoms with Gasteiger partial charge in [0.15, 0.2) is 0 Å². The lowest BCUT2D eigenvalue weighted by molar-refractivity contribution is 0.283. The van der Waals surface area contributed by atoms with Crippen molar-refractivity contribution in [3.8, 4) is 0 Å². The van der Waals surface area contributed by atoms with Gasteiger partial charge in [0.25, 0.3) is 0 Å². The minimum absolute atomic E-state index is 0.280. The first-order valence-electron chi connectivity index (χ1n) is 5.49. The smallest absolute Gasteiger partial charge is 0.0641 e. The molecule has 0 spiro atoms. The van der Waals surface area contributed by atoms with Crippen molar-refractivity contribution in [1.82, 2.24) is 15.1 Å². The zero-order valence-corrected chi connectivity index (χ0v) is 9.82. The van der Waals surface area contributed by atoms with Crippen LogP contribution in [0.15, 0.2) is 6.20 Å². The van der Waals surface area contributed by atoms with E-state index in [2.05, 4.69) is 23.5 Å². The van der Waals surface area contributed by atoms with Crippen LogP contribution in [0.1, 0.15) is 37.1 Å².